The van der Waals surface area contributed by atoms with Crippen molar-refractivity contribution in [2.75, 3.05) is 7.05 Å². The summed E-state index contributed by atoms with van der Waals surface area (Å²) in [5.74, 6) is 0.968. The Morgan fingerprint density at radius 2 is 1.80 bits per heavy atom. The zero-order valence-corrected chi connectivity index (χ0v) is 7.71. The Morgan fingerprint density at radius 1 is 1.30 bits per heavy atom. The first-order chi connectivity index (χ1) is 4.34. The molecule has 0 saturated heterocycles. The predicted octanol–water partition coefficient (Wildman–Crippen LogP) is 2.21. The highest BCUT2D eigenvalue weighted by molar-refractivity contribution is 5.85. The van der Waals surface area contributed by atoms with E-state index in [0.717, 1.165) is 12.0 Å². The average Bonchev–Trinajstić information content (AvgIpc) is 2.37. The second kappa shape index (κ2) is 4.97. The SMILES string of the molecule is CNC(C)C1CCCC1.Cl. The van der Waals surface area contributed by atoms with Gasteiger partial charge in [-0.05, 0) is 32.7 Å². The molecule has 0 aliphatic heterocycles. The molecular weight excluding hydrogens is 146 g/mol. The van der Waals surface area contributed by atoms with E-state index in [0.29, 0.717) is 0 Å². The Hall–Kier alpha value is 0.250. The van der Waals surface area contributed by atoms with E-state index in [1.54, 1.807) is 0 Å². The van der Waals surface area contributed by atoms with Crippen LogP contribution < -0.4 is 5.32 Å². The highest BCUT2D eigenvalue weighted by Crippen LogP contribution is 2.27. The van der Waals surface area contributed by atoms with E-state index in [2.05, 4.69) is 19.3 Å². The molecule has 0 radical (unpaired) electrons. The molecule has 0 heterocycles. The fourth-order valence-electron chi connectivity index (χ4n) is 1.69. The van der Waals surface area contributed by atoms with Gasteiger partial charge in [0.25, 0.3) is 0 Å². The van der Waals surface area contributed by atoms with Crippen LogP contribution in [0.1, 0.15) is 32.6 Å². The predicted molar refractivity (Wildman–Crippen MR) is 47.7 cm³/mol. The minimum atomic E-state index is 0. The van der Waals surface area contributed by atoms with Gasteiger partial charge in [-0.3, -0.25) is 0 Å². The van der Waals surface area contributed by atoms with Crippen molar-refractivity contribution >= 4 is 12.4 Å². The van der Waals surface area contributed by atoms with E-state index in [1.807, 2.05) is 0 Å². The first-order valence-corrected chi connectivity index (χ1v) is 4.02. The normalized spacial score (nSPS) is 22.2. The second-order valence-corrected chi connectivity index (χ2v) is 3.12. The summed E-state index contributed by atoms with van der Waals surface area (Å²) in [5.41, 5.74) is 0. The molecule has 1 N–H and O–H groups in total. The Labute approximate surface area is 70.0 Å². The van der Waals surface area contributed by atoms with Crippen LogP contribution in [0.2, 0.25) is 0 Å². The summed E-state index contributed by atoms with van der Waals surface area (Å²) in [6, 6.07) is 0.743. The molecule has 0 aromatic carbocycles. The van der Waals surface area contributed by atoms with Crippen molar-refractivity contribution in [1.82, 2.24) is 5.32 Å². The van der Waals surface area contributed by atoms with Crippen LogP contribution in [0.4, 0.5) is 0 Å². The van der Waals surface area contributed by atoms with Gasteiger partial charge in [0.05, 0.1) is 0 Å². The van der Waals surface area contributed by atoms with Crippen molar-refractivity contribution in [3.05, 3.63) is 0 Å². The molecule has 0 spiro atoms. The fourth-order valence-corrected chi connectivity index (χ4v) is 1.69. The van der Waals surface area contributed by atoms with Gasteiger partial charge in [0.15, 0.2) is 0 Å². The molecule has 10 heavy (non-hydrogen) atoms. The third-order valence-electron chi connectivity index (χ3n) is 2.56. The molecule has 1 atom stereocenters. The zero-order valence-electron chi connectivity index (χ0n) is 6.89. The smallest absolute Gasteiger partial charge is 0.00639 e. The molecule has 0 aromatic heterocycles. The van der Waals surface area contributed by atoms with Crippen molar-refractivity contribution in [2.24, 2.45) is 5.92 Å². The number of nitrogens with one attached hydrogen (secondary N) is 1. The lowest BCUT2D eigenvalue weighted by atomic mass is 10.0. The largest absolute Gasteiger partial charge is 0.317 e. The lowest BCUT2D eigenvalue weighted by Gasteiger charge is -2.16. The summed E-state index contributed by atoms with van der Waals surface area (Å²) in [7, 11) is 2.06. The van der Waals surface area contributed by atoms with Crippen molar-refractivity contribution < 1.29 is 0 Å². The minimum Gasteiger partial charge on any atom is -0.317 e. The van der Waals surface area contributed by atoms with Gasteiger partial charge in [-0.2, -0.15) is 0 Å². The van der Waals surface area contributed by atoms with Gasteiger partial charge in [0.1, 0.15) is 0 Å². The van der Waals surface area contributed by atoms with E-state index in [9.17, 15) is 0 Å². The van der Waals surface area contributed by atoms with Gasteiger partial charge in [0.2, 0.25) is 0 Å². The summed E-state index contributed by atoms with van der Waals surface area (Å²) in [6.07, 6.45) is 5.80. The molecule has 2 heteroatoms. The first-order valence-electron chi connectivity index (χ1n) is 4.02. The fraction of sp³-hybridized carbons (Fsp3) is 1.00. The van der Waals surface area contributed by atoms with E-state index >= 15 is 0 Å². The third-order valence-corrected chi connectivity index (χ3v) is 2.56. The van der Waals surface area contributed by atoms with Crippen molar-refractivity contribution in [3.63, 3.8) is 0 Å². The molecule has 0 amide bonds. The van der Waals surface area contributed by atoms with Gasteiger partial charge < -0.3 is 5.32 Å². The summed E-state index contributed by atoms with van der Waals surface area (Å²) in [5, 5.41) is 3.31. The molecule has 62 valence electrons. The maximum atomic E-state index is 3.31. The summed E-state index contributed by atoms with van der Waals surface area (Å²) >= 11 is 0. The van der Waals surface area contributed by atoms with Gasteiger partial charge in [-0.25, -0.2) is 0 Å². The van der Waals surface area contributed by atoms with Crippen LogP contribution in [-0.4, -0.2) is 13.1 Å². The highest BCUT2D eigenvalue weighted by atomic mass is 35.5. The van der Waals surface area contributed by atoms with Gasteiger partial charge in [0, 0.05) is 6.04 Å². The topological polar surface area (TPSA) is 12.0 Å². The van der Waals surface area contributed by atoms with Gasteiger partial charge in [-0.15, -0.1) is 12.4 Å². The van der Waals surface area contributed by atoms with E-state index in [1.165, 1.54) is 25.7 Å². The first kappa shape index (κ1) is 10.2. The lowest BCUT2D eigenvalue weighted by molar-refractivity contribution is 0.405. The molecule has 1 aliphatic carbocycles. The van der Waals surface area contributed by atoms with Crippen LogP contribution in [0, 0.1) is 5.92 Å². The van der Waals surface area contributed by atoms with Crippen LogP contribution in [-0.2, 0) is 0 Å². The molecule has 1 nitrogen and oxygen atoms in total. The zero-order chi connectivity index (χ0) is 6.69. The molecular formula is C8H18ClN. The number of halogens is 1. The lowest BCUT2D eigenvalue weighted by Crippen LogP contribution is -2.28. The van der Waals surface area contributed by atoms with Crippen LogP contribution in [0.5, 0.6) is 0 Å². The molecule has 0 aromatic rings. The number of rotatable bonds is 2. The summed E-state index contributed by atoms with van der Waals surface area (Å²) < 4.78 is 0. The van der Waals surface area contributed by atoms with Crippen LogP contribution in [0.25, 0.3) is 0 Å². The molecule has 1 saturated carbocycles. The van der Waals surface area contributed by atoms with Gasteiger partial charge >= 0.3 is 0 Å². The average molecular weight is 164 g/mol. The monoisotopic (exact) mass is 163 g/mol. The van der Waals surface area contributed by atoms with E-state index < -0.39 is 0 Å². The van der Waals surface area contributed by atoms with Crippen LogP contribution in [0.3, 0.4) is 0 Å². The standard InChI is InChI=1S/C8H17N.ClH/c1-7(9-2)8-5-3-4-6-8;/h7-9H,3-6H2,1-2H3;1H. The van der Waals surface area contributed by atoms with E-state index in [-0.39, 0.29) is 12.4 Å². The van der Waals surface area contributed by atoms with Crippen LogP contribution in [0.15, 0.2) is 0 Å². The third kappa shape index (κ3) is 2.47. The van der Waals surface area contributed by atoms with E-state index in [4.69, 9.17) is 0 Å². The number of hydrogen-bond donors (Lipinski definition) is 1. The second-order valence-electron chi connectivity index (χ2n) is 3.12. The van der Waals surface area contributed by atoms with Crippen molar-refractivity contribution in [1.29, 1.82) is 0 Å². The Kier molecular flexibility index (Phi) is 5.10. The molecule has 1 rings (SSSR count). The summed E-state index contributed by atoms with van der Waals surface area (Å²) in [6.45, 7) is 2.29. The van der Waals surface area contributed by atoms with Gasteiger partial charge in [-0.1, -0.05) is 12.8 Å². The number of hydrogen-bond acceptors (Lipinski definition) is 1. The van der Waals surface area contributed by atoms with Crippen molar-refractivity contribution in [2.45, 2.75) is 38.6 Å². The van der Waals surface area contributed by atoms with Crippen LogP contribution >= 0.6 is 12.4 Å². The Balaban J connectivity index is 0.000000810. The molecule has 1 aliphatic rings. The van der Waals surface area contributed by atoms with Crippen molar-refractivity contribution in [3.8, 4) is 0 Å². The quantitative estimate of drug-likeness (QED) is 0.659. The Bertz CT molecular complexity index is 79.3. The Morgan fingerprint density at radius 3 is 2.20 bits per heavy atom. The molecule has 0 bridgehead atoms. The summed E-state index contributed by atoms with van der Waals surface area (Å²) in [4.78, 5) is 0. The molecule has 1 unspecified atom stereocenters. The minimum absolute atomic E-state index is 0. The maximum Gasteiger partial charge on any atom is 0.00639 e. The maximum absolute atomic E-state index is 3.31. The molecule has 1 fully saturated rings. The highest BCUT2D eigenvalue weighted by Gasteiger charge is 2.19.